The first-order valence-electron chi connectivity index (χ1n) is 7.15. The summed E-state index contributed by atoms with van der Waals surface area (Å²) in [4.78, 5) is 13.8. The van der Waals surface area contributed by atoms with Gasteiger partial charge in [-0.2, -0.15) is 0 Å². The molecule has 0 bridgehead atoms. The van der Waals surface area contributed by atoms with E-state index in [-0.39, 0.29) is 6.09 Å². The first-order chi connectivity index (χ1) is 8.44. The molecule has 1 aliphatic carbocycles. The van der Waals surface area contributed by atoms with E-state index in [0.717, 1.165) is 32.0 Å². The maximum Gasteiger partial charge on any atom is 0.410 e. The third kappa shape index (κ3) is 4.48. The van der Waals surface area contributed by atoms with Crippen molar-refractivity contribution in [2.45, 2.75) is 58.1 Å². The summed E-state index contributed by atoms with van der Waals surface area (Å²) >= 11 is 0. The second-order valence-electron chi connectivity index (χ2n) is 6.62. The van der Waals surface area contributed by atoms with Crippen molar-refractivity contribution in [2.24, 2.45) is 5.92 Å². The van der Waals surface area contributed by atoms with Gasteiger partial charge < -0.3 is 15.0 Å². The van der Waals surface area contributed by atoms with E-state index in [4.69, 9.17) is 4.74 Å². The van der Waals surface area contributed by atoms with E-state index < -0.39 is 5.60 Å². The summed E-state index contributed by atoms with van der Waals surface area (Å²) in [5.41, 5.74) is -0.397. The topological polar surface area (TPSA) is 41.6 Å². The fourth-order valence-electron chi connectivity index (χ4n) is 2.29. The summed E-state index contributed by atoms with van der Waals surface area (Å²) in [7, 11) is 0. The van der Waals surface area contributed by atoms with Crippen molar-refractivity contribution in [3.8, 4) is 0 Å². The van der Waals surface area contributed by atoms with Crippen LogP contribution in [0.2, 0.25) is 0 Å². The highest BCUT2D eigenvalue weighted by molar-refractivity contribution is 5.68. The number of hydrogen-bond acceptors (Lipinski definition) is 3. The molecule has 1 atom stereocenters. The van der Waals surface area contributed by atoms with E-state index in [1.165, 1.54) is 19.3 Å². The minimum Gasteiger partial charge on any atom is -0.444 e. The monoisotopic (exact) mass is 254 g/mol. The number of likely N-dealkylation sites (tertiary alicyclic amines) is 1. The molecular formula is C14H26N2O2. The molecule has 2 fully saturated rings. The van der Waals surface area contributed by atoms with Gasteiger partial charge in [0.15, 0.2) is 0 Å². The van der Waals surface area contributed by atoms with Gasteiger partial charge in [-0.15, -0.1) is 0 Å². The second kappa shape index (κ2) is 5.47. The fourth-order valence-corrected chi connectivity index (χ4v) is 2.29. The van der Waals surface area contributed by atoms with Crippen molar-refractivity contribution < 1.29 is 9.53 Å². The molecular weight excluding hydrogens is 228 g/mol. The maximum atomic E-state index is 12.0. The Morgan fingerprint density at radius 1 is 1.33 bits per heavy atom. The highest BCUT2D eigenvalue weighted by Crippen LogP contribution is 2.28. The second-order valence-corrected chi connectivity index (χ2v) is 6.62. The van der Waals surface area contributed by atoms with Crippen molar-refractivity contribution in [3.05, 3.63) is 0 Å². The Morgan fingerprint density at radius 2 is 2.06 bits per heavy atom. The summed E-state index contributed by atoms with van der Waals surface area (Å²) in [6.45, 7) is 8.48. The summed E-state index contributed by atoms with van der Waals surface area (Å²) in [6, 6.07) is 0.451. The Bertz CT molecular complexity index is 295. The molecule has 4 heteroatoms. The molecule has 0 aromatic rings. The SMILES string of the molecule is CC(C)(C)OC(=O)N1CCCC(NCC2CC2)C1. The van der Waals surface area contributed by atoms with E-state index in [9.17, 15) is 4.79 Å². The van der Waals surface area contributed by atoms with Crippen LogP contribution < -0.4 is 5.32 Å². The number of carbonyl (C=O) groups excluding carboxylic acids is 1. The molecule has 104 valence electrons. The number of nitrogens with one attached hydrogen (secondary N) is 1. The molecule has 1 aliphatic heterocycles. The normalized spacial score (nSPS) is 25.1. The first kappa shape index (κ1) is 13.7. The average molecular weight is 254 g/mol. The number of amides is 1. The summed E-state index contributed by atoms with van der Waals surface area (Å²) in [6.07, 6.45) is 4.82. The van der Waals surface area contributed by atoms with Crippen molar-refractivity contribution >= 4 is 6.09 Å². The Morgan fingerprint density at radius 3 is 2.67 bits per heavy atom. The van der Waals surface area contributed by atoms with Crippen LogP contribution in [0.25, 0.3) is 0 Å². The van der Waals surface area contributed by atoms with Gasteiger partial charge in [0, 0.05) is 19.1 Å². The van der Waals surface area contributed by atoms with Crippen LogP contribution in [0.3, 0.4) is 0 Å². The molecule has 0 spiro atoms. The summed E-state index contributed by atoms with van der Waals surface area (Å²) in [5.74, 6) is 0.891. The van der Waals surface area contributed by atoms with Crippen LogP contribution in [-0.4, -0.2) is 42.3 Å². The average Bonchev–Trinajstić information content (AvgIpc) is 3.08. The van der Waals surface area contributed by atoms with Gasteiger partial charge in [0.2, 0.25) is 0 Å². The van der Waals surface area contributed by atoms with Crippen LogP contribution in [0.5, 0.6) is 0 Å². The minimum absolute atomic E-state index is 0.166. The van der Waals surface area contributed by atoms with Crippen molar-refractivity contribution in [3.63, 3.8) is 0 Å². The van der Waals surface area contributed by atoms with Crippen molar-refractivity contribution in [1.29, 1.82) is 0 Å². The van der Waals surface area contributed by atoms with Gasteiger partial charge in [-0.1, -0.05) is 0 Å². The molecule has 1 saturated heterocycles. The zero-order chi connectivity index (χ0) is 13.2. The van der Waals surface area contributed by atoms with E-state index in [1.54, 1.807) is 0 Å². The van der Waals surface area contributed by atoms with E-state index in [2.05, 4.69) is 5.32 Å². The molecule has 1 saturated carbocycles. The molecule has 1 unspecified atom stereocenters. The van der Waals surface area contributed by atoms with Gasteiger partial charge in [-0.3, -0.25) is 0 Å². The molecule has 0 radical (unpaired) electrons. The Kier molecular flexibility index (Phi) is 4.15. The lowest BCUT2D eigenvalue weighted by Crippen LogP contribution is -2.49. The first-order valence-corrected chi connectivity index (χ1v) is 7.15. The standard InChI is InChI=1S/C14H26N2O2/c1-14(2,3)18-13(17)16-8-4-5-12(10-16)15-9-11-6-7-11/h11-12,15H,4-10H2,1-3H3. The Hall–Kier alpha value is -0.770. The van der Waals surface area contributed by atoms with Gasteiger partial charge >= 0.3 is 6.09 Å². The predicted molar refractivity (Wildman–Crippen MR) is 71.6 cm³/mol. The molecule has 0 aromatic carbocycles. The zero-order valence-electron chi connectivity index (χ0n) is 11.9. The van der Waals surface area contributed by atoms with Crippen LogP contribution in [0.1, 0.15) is 46.5 Å². The lowest BCUT2D eigenvalue weighted by atomic mass is 10.1. The number of piperidine rings is 1. The van der Waals surface area contributed by atoms with Gasteiger partial charge in [-0.05, 0) is 58.9 Å². The van der Waals surface area contributed by atoms with E-state index in [0.29, 0.717) is 6.04 Å². The van der Waals surface area contributed by atoms with E-state index in [1.807, 2.05) is 25.7 Å². The molecule has 4 nitrogen and oxygen atoms in total. The van der Waals surface area contributed by atoms with E-state index >= 15 is 0 Å². The van der Waals surface area contributed by atoms with Crippen LogP contribution in [0.15, 0.2) is 0 Å². The summed E-state index contributed by atoms with van der Waals surface area (Å²) < 4.78 is 5.42. The lowest BCUT2D eigenvalue weighted by Gasteiger charge is -2.34. The maximum absolute atomic E-state index is 12.0. The molecule has 18 heavy (non-hydrogen) atoms. The number of rotatable bonds is 3. The number of hydrogen-bond donors (Lipinski definition) is 1. The zero-order valence-corrected chi connectivity index (χ0v) is 11.9. The van der Waals surface area contributed by atoms with Crippen LogP contribution in [0, 0.1) is 5.92 Å². The number of nitrogens with zero attached hydrogens (tertiary/aromatic N) is 1. The Balaban J connectivity index is 1.76. The third-order valence-electron chi connectivity index (χ3n) is 3.47. The number of ether oxygens (including phenoxy) is 1. The predicted octanol–water partition coefficient (Wildman–Crippen LogP) is 2.39. The van der Waals surface area contributed by atoms with Gasteiger partial charge in [0.05, 0.1) is 0 Å². The highest BCUT2D eigenvalue weighted by Gasteiger charge is 2.28. The molecule has 2 rings (SSSR count). The number of carbonyl (C=O) groups is 1. The third-order valence-corrected chi connectivity index (χ3v) is 3.47. The van der Waals surface area contributed by atoms with Crippen molar-refractivity contribution in [2.75, 3.05) is 19.6 Å². The molecule has 2 aliphatic rings. The molecule has 0 aromatic heterocycles. The molecule has 1 heterocycles. The van der Waals surface area contributed by atoms with Crippen molar-refractivity contribution in [1.82, 2.24) is 10.2 Å². The van der Waals surface area contributed by atoms with Crippen LogP contribution >= 0.6 is 0 Å². The Labute approximate surface area is 110 Å². The van der Waals surface area contributed by atoms with Gasteiger partial charge in [0.1, 0.15) is 5.60 Å². The van der Waals surface area contributed by atoms with Gasteiger partial charge in [-0.25, -0.2) is 4.79 Å². The highest BCUT2D eigenvalue weighted by atomic mass is 16.6. The molecule has 1 amide bonds. The molecule has 1 N–H and O–H groups in total. The van der Waals surface area contributed by atoms with Gasteiger partial charge in [0.25, 0.3) is 0 Å². The lowest BCUT2D eigenvalue weighted by molar-refractivity contribution is 0.0187. The smallest absolute Gasteiger partial charge is 0.410 e. The largest absolute Gasteiger partial charge is 0.444 e. The quantitative estimate of drug-likeness (QED) is 0.841. The summed E-state index contributed by atoms with van der Waals surface area (Å²) in [5, 5.41) is 3.58. The fraction of sp³-hybridized carbons (Fsp3) is 0.929. The minimum atomic E-state index is -0.397. The van der Waals surface area contributed by atoms with Crippen LogP contribution in [-0.2, 0) is 4.74 Å². The van der Waals surface area contributed by atoms with Crippen LogP contribution in [0.4, 0.5) is 4.79 Å².